The van der Waals surface area contributed by atoms with Crippen LogP contribution in [0.2, 0.25) is 0 Å². The second kappa shape index (κ2) is 11.0. The topological polar surface area (TPSA) is 71.3 Å². The molecule has 0 fully saturated rings. The third kappa shape index (κ3) is 5.33. The molecule has 0 saturated heterocycles. The number of carbonyl (C=O) groups is 2. The van der Waals surface area contributed by atoms with Crippen LogP contribution in [0.25, 0.3) is 22.0 Å². The summed E-state index contributed by atoms with van der Waals surface area (Å²) in [6.07, 6.45) is 0. The molecule has 0 radical (unpaired) electrons. The van der Waals surface area contributed by atoms with Crippen molar-refractivity contribution in [2.24, 2.45) is 0 Å². The number of hydrogen-bond acceptors (Lipinski definition) is 2. The van der Waals surface area contributed by atoms with E-state index in [9.17, 15) is 27.9 Å². The van der Waals surface area contributed by atoms with Crippen molar-refractivity contribution in [3.8, 4) is 11.1 Å². The fourth-order valence-electron chi connectivity index (χ4n) is 5.12. The van der Waals surface area contributed by atoms with Gasteiger partial charge in [-0.05, 0) is 73.4 Å². The first-order valence-electron chi connectivity index (χ1n) is 13.0. The van der Waals surface area contributed by atoms with Gasteiger partial charge in [-0.25, -0.2) is 18.0 Å². The number of aromatic nitrogens is 1. The molecule has 208 valence electrons. The monoisotopic (exact) mass is 556 g/mol. The second-order valence-electron chi connectivity index (χ2n) is 10.1. The number of carboxylic acids is 1. The van der Waals surface area contributed by atoms with Crippen LogP contribution in [0.5, 0.6) is 0 Å². The smallest absolute Gasteiger partial charge is 0.336 e. The van der Waals surface area contributed by atoms with Crippen molar-refractivity contribution in [2.75, 3.05) is 0 Å². The van der Waals surface area contributed by atoms with Gasteiger partial charge in [0.15, 0.2) is 11.6 Å². The molecular formula is C33H27F3N2O3. The largest absolute Gasteiger partial charge is 0.478 e. The number of aryl methyl sites for hydroxylation is 1. The molecule has 0 unspecified atom stereocenters. The van der Waals surface area contributed by atoms with E-state index < -0.39 is 35.4 Å². The van der Waals surface area contributed by atoms with Gasteiger partial charge >= 0.3 is 5.97 Å². The molecular weight excluding hydrogens is 529 g/mol. The number of aromatic carboxylic acids is 1. The number of carbonyl (C=O) groups excluding carboxylic acids is 1. The summed E-state index contributed by atoms with van der Waals surface area (Å²) >= 11 is 0. The highest BCUT2D eigenvalue weighted by Crippen LogP contribution is 2.29. The fraction of sp³-hybridized carbons (Fsp3) is 0.152. The standard InChI is InChI=1S/C33H27F3N2O3/c1-18-20(3)38(17-21-8-10-22(11-9-21)24-6-4-5-7-25(24)33(40)41)31-13-12-23(14-26(18)31)32(39)37-19(2)27-15-29(35)30(36)16-28(27)34/h4-16,19H,17H2,1-3H3,(H,37,39)(H,40,41)/t19-/m0/s1. The number of carboxylic acid groups (broad SMARTS) is 1. The van der Waals surface area contributed by atoms with Crippen LogP contribution in [0.15, 0.2) is 78.9 Å². The number of rotatable bonds is 7. The van der Waals surface area contributed by atoms with E-state index in [1.165, 1.54) is 6.92 Å². The van der Waals surface area contributed by atoms with Gasteiger partial charge in [0.2, 0.25) is 0 Å². The van der Waals surface area contributed by atoms with Crippen LogP contribution in [0.1, 0.15) is 56.1 Å². The molecule has 5 aromatic rings. The second-order valence-corrected chi connectivity index (χ2v) is 10.1. The Kier molecular flexibility index (Phi) is 7.41. The average Bonchev–Trinajstić information content (AvgIpc) is 3.19. The average molecular weight is 557 g/mol. The molecule has 5 nitrogen and oxygen atoms in total. The lowest BCUT2D eigenvalue weighted by molar-refractivity contribution is 0.0697. The molecule has 5 rings (SSSR count). The Labute approximate surface area is 234 Å². The summed E-state index contributed by atoms with van der Waals surface area (Å²) in [4.78, 5) is 24.6. The summed E-state index contributed by atoms with van der Waals surface area (Å²) in [5, 5.41) is 13.1. The Bertz CT molecular complexity index is 1810. The van der Waals surface area contributed by atoms with Crippen molar-refractivity contribution in [1.29, 1.82) is 0 Å². The predicted molar refractivity (Wildman–Crippen MR) is 152 cm³/mol. The summed E-state index contributed by atoms with van der Waals surface area (Å²) in [7, 11) is 0. The first-order valence-corrected chi connectivity index (χ1v) is 13.0. The zero-order valence-corrected chi connectivity index (χ0v) is 22.6. The van der Waals surface area contributed by atoms with Crippen molar-refractivity contribution in [1.82, 2.24) is 9.88 Å². The van der Waals surface area contributed by atoms with E-state index in [4.69, 9.17) is 0 Å². The minimum absolute atomic E-state index is 0.144. The van der Waals surface area contributed by atoms with Crippen LogP contribution >= 0.6 is 0 Å². The highest BCUT2D eigenvalue weighted by atomic mass is 19.2. The van der Waals surface area contributed by atoms with Gasteiger partial charge in [0.25, 0.3) is 5.91 Å². The van der Waals surface area contributed by atoms with Crippen molar-refractivity contribution in [3.63, 3.8) is 0 Å². The van der Waals surface area contributed by atoms with Crippen LogP contribution in [-0.2, 0) is 6.54 Å². The van der Waals surface area contributed by atoms with Crippen LogP contribution in [0.4, 0.5) is 13.2 Å². The maximum atomic E-state index is 14.2. The van der Waals surface area contributed by atoms with Gasteiger partial charge < -0.3 is 15.0 Å². The Hall–Kier alpha value is -4.85. The third-order valence-corrected chi connectivity index (χ3v) is 7.52. The molecule has 1 atom stereocenters. The number of nitrogens with one attached hydrogen (secondary N) is 1. The van der Waals surface area contributed by atoms with Gasteiger partial charge in [0.1, 0.15) is 5.82 Å². The molecule has 1 amide bonds. The van der Waals surface area contributed by atoms with Gasteiger partial charge in [-0.1, -0.05) is 42.5 Å². The highest BCUT2D eigenvalue weighted by molar-refractivity contribution is 5.99. The lowest BCUT2D eigenvalue weighted by Crippen LogP contribution is -2.27. The summed E-state index contributed by atoms with van der Waals surface area (Å²) in [5.41, 5.74) is 5.89. The molecule has 0 aliphatic heterocycles. The molecule has 0 aliphatic rings. The van der Waals surface area contributed by atoms with E-state index in [1.54, 1.807) is 30.3 Å². The number of amides is 1. The van der Waals surface area contributed by atoms with E-state index in [0.717, 1.165) is 39.4 Å². The molecule has 4 aromatic carbocycles. The third-order valence-electron chi connectivity index (χ3n) is 7.52. The Morgan fingerprint density at radius 2 is 1.56 bits per heavy atom. The molecule has 0 spiro atoms. The minimum atomic E-state index is -1.29. The Balaban J connectivity index is 1.39. The SMILES string of the molecule is Cc1c(C)n(Cc2ccc(-c3ccccc3C(=O)O)cc2)c2ccc(C(=O)N[C@@H](C)c3cc(F)c(F)cc3F)cc12. The minimum Gasteiger partial charge on any atom is -0.478 e. The van der Waals surface area contributed by atoms with Gasteiger partial charge in [-0.3, -0.25) is 4.79 Å². The maximum Gasteiger partial charge on any atom is 0.336 e. The van der Waals surface area contributed by atoms with Crippen LogP contribution in [0.3, 0.4) is 0 Å². The molecule has 8 heteroatoms. The lowest BCUT2D eigenvalue weighted by Gasteiger charge is -2.16. The van der Waals surface area contributed by atoms with Crippen molar-refractivity contribution >= 4 is 22.8 Å². The number of benzene rings is 4. The van der Waals surface area contributed by atoms with Crippen LogP contribution in [0, 0.1) is 31.3 Å². The number of halogens is 3. The van der Waals surface area contributed by atoms with E-state index in [-0.39, 0.29) is 11.1 Å². The summed E-state index contributed by atoms with van der Waals surface area (Å²) in [6, 6.07) is 20.3. The predicted octanol–water partition coefficient (Wildman–Crippen LogP) is 7.58. The zero-order valence-electron chi connectivity index (χ0n) is 22.6. The molecule has 0 bridgehead atoms. The van der Waals surface area contributed by atoms with E-state index >= 15 is 0 Å². The van der Waals surface area contributed by atoms with Gasteiger partial charge in [0, 0.05) is 40.3 Å². The van der Waals surface area contributed by atoms with Gasteiger partial charge in [-0.2, -0.15) is 0 Å². The summed E-state index contributed by atoms with van der Waals surface area (Å²) in [5.74, 6) is -4.85. The van der Waals surface area contributed by atoms with Crippen molar-refractivity contribution in [2.45, 2.75) is 33.4 Å². The van der Waals surface area contributed by atoms with Gasteiger partial charge in [0.05, 0.1) is 11.6 Å². The van der Waals surface area contributed by atoms with Crippen LogP contribution < -0.4 is 5.32 Å². The first kappa shape index (κ1) is 27.7. The number of fused-ring (bicyclic) bond motifs is 1. The summed E-state index contributed by atoms with van der Waals surface area (Å²) < 4.78 is 43.3. The Morgan fingerprint density at radius 1 is 0.878 bits per heavy atom. The summed E-state index contributed by atoms with van der Waals surface area (Å²) in [6.45, 7) is 6.04. The van der Waals surface area contributed by atoms with E-state index in [2.05, 4.69) is 9.88 Å². The van der Waals surface area contributed by atoms with Crippen molar-refractivity contribution < 1.29 is 27.9 Å². The quantitative estimate of drug-likeness (QED) is 0.203. The molecule has 0 aliphatic carbocycles. The molecule has 1 heterocycles. The Morgan fingerprint density at radius 3 is 2.27 bits per heavy atom. The van der Waals surface area contributed by atoms with E-state index in [1.807, 2.05) is 50.2 Å². The lowest BCUT2D eigenvalue weighted by atomic mass is 9.99. The molecule has 2 N–H and O–H groups in total. The van der Waals surface area contributed by atoms with Crippen molar-refractivity contribution in [3.05, 3.63) is 130 Å². The highest BCUT2D eigenvalue weighted by Gasteiger charge is 2.20. The van der Waals surface area contributed by atoms with Gasteiger partial charge in [-0.15, -0.1) is 0 Å². The van der Waals surface area contributed by atoms with Crippen LogP contribution in [-0.4, -0.2) is 21.6 Å². The molecule has 1 aromatic heterocycles. The number of nitrogens with zero attached hydrogens (tertiary/aromatic N) is 1. The maximum absolute atomic E-state index is 14.2. The molecule has 41 heavy (non-hydrogen) atoms. The molecule has 0 saturated carbocycles. The first-order chi connectivity index (χ1) is 19.5. The fourth-order valence-corrected chi connectivity index (χ4v) is 5.12. The number of hydrogen-bond donors (Lipinski definition) is 2. The normalized spacial score (nSPS) is 12.0. The zero-order chi connectivity index (χ0) is 29.4. The van der Waals surface area contributed by atoms with E-state index in [0.29, 0.717) is 23.7 Å².